The van der Waals surface area contributed by atoms with Crippen molar-refractivity contribution in [3.05, 3.63) is 64.6 Å². The second kappa shape index (κ2) is 10.9. The van der Waals surface area contributed by atoms with Crippen LogP contribution in [0.25, 0.3) is 0 Å². The fraction of sp³-hybridized carbons (Fsp3) is 0.385. The first-order chi connectivity index (χ1) is 18.0. The third kappa shape index (κ3) is 5.55. The summed E-state index contributed by atoms with van der Waals surface area (Å²) in [5.41, 5.74) is 11.1. The van der Waals surface area contributed by atoms with Gasteiger partial charge >= 0.3 is 0 Å². The number of piperazine rings is 1. The SMILES string of the molecule is COc1c(O[C@H](C)c2c(C)cnnc2C)ccc(N)c1C(=[NH2+])c1ccc(N2CCN(S(C)(=O)=O)CC2)nc1. The summed E-state index contributed by atoms with van der Waals surface area (Å²) in [6.07, 6.45) is 4.30. The van der Waals surface area contributed by atoms with E-state index in [0.29, 0.717) is 60.2 Å². The molecule has 12 heteroatoms. The van der Waals surface area contributed by atoms with Crippen molar-refractivity contribution in [1.29, 1.82) is 0 Å². The molecule has 1 aliphatic rings. The van der Waals surface area contributed by atoms with E-state index >= 15 is 0 Å². The van der Waals surface area contributed by atoms with Crippen molar-refractivity contribution in [2.75, 3.05) is 50.2 Å². The molecule has 2 aromatic heterocycles. The highest BCUT2D eigenvalue weighted by Gasteiger charge is 2.27. The number of pyridine rings is 1. The summed E-state index contributed by atoms with van der Waals surface area (Å²) in [6.45, 7) is 7.77. The van der Waals surface area contributed by atoms with Gasteiger partial charge in [-0.05, 0) is 50.6 Å². The van der Waals surface area contributed by atoms with Crippen LogP contribution < -0.4 is 25.5 Å². The molecule has 0 radical (unpaired) electrons. The summed E-state index contributed by atoms with van der Waals surface area (Å²) in [5.74, 6) is 1.67. The van der Waals surface area contributed by atoms with Crippen LogP contribution in [-0.4, -0.2) is 73.2 Å². The molecule has 3 heterocycles. The minimum absolute atomic E-state index is 0.318. The fourth-order valence-corrected chi connectivity index (χ4v) is 5.58. The van der Waals surface area contributed by atoms with Crippen molar-refractivity contribution in [3.63, 3.8) is 0 Å². The molecule has 4 rings (SSSR count). The van der Waals surface area contributed by atoms with Gasteiger partial charge in [-0.25, -0.2) is 13.4 Å². The number of aromatic nitrogens is 3. The zero-order chi connectivity index (χ0) is 27.6. The van der Waals surface area contributed by atoms with E-state index in [2.05, 4.69) is 15.2 Å². The number of nitrogens with zero attached hydrogens (tertiary/aromatic N) is 5. The van der Waals surface area contributed by atoms with Crippen LogP contribution in [0.3, 0.4) is 0 Å². The standard InChI is InChI=1S/C26H33N7O4S/c1-16-14-30-31-17(2)23(16)18(3)37-21-8-7-20(27)24(26(21)36-4)25(28)19-6-9-22(29-15-19)32-10-12-33(13-11-32)38(5,34)35/h6-9,14-15,18,28H,10-13,27H2,1-5H3/p+1/t18-/m1/s1. The van der Waals surface area contributed by atoms with Gasteiger partial charge in [0.25, 0.3) is 0 Å². The molecule has 4 N–H and O–H groups in total. The quantitative estimate of drug-likeness (QED) is 0.314. The number of ether oxygens (including phenoxy) is 2. The fourth-order valence-electron chi connectivity index (χ4n) is 4.75. The summed E-state index contributed by atoms with van der Waals surface area (Å²) < 4.78 is 37.1. The average molecular weight is 541 g/mol. The smallest absolute Gasteiger partial charge is 0.218 e. The van der Waals surface area contributed by atoms with Crippen LogP contribution in [0.2, 0.25) is 0 Å². The van der Waals surface area contributed by atoms with Crippen LogP contribution in [0.4, 0.5) is 11.5 Å². The first kappa shape index (κ1) is 27.3. The van der Waals surface area contributed by atoms with Crippen LogP contribution in [-0.2, 0) is 10.0 Å². The highest BCUT2D eigenvalue weighted by molar-refractivity contribution is 7.88. The predicted octanol–water partition coefficient (Wildman–Crippen LogP) is 0.897. The third-order valence-electron chi connectivity index (χ3n) is 6.70. The van der Waals surface area contributed by atoms with Gasteiger partial charge in [-0.15, -0.1) is 0 Å². The van der Waals surface area contributed by atoms with Gasteiger partial charge in [0.1, 0.15) is 17.5 Å². The Bertz CT molecular complexity index is 1420. The van der Waals surface area contributed by atoms with Crippen molar-refractivity contribution < 1.29 is 23.3 Å². The number of methoxy groups -OCH3 is 1. The Balaban J connectivity index is 1.57. The summed E-state index contributed by atoms with van der Waals surface area (Å²) in [6, 6.07) is 7.23. The van der Waals surface area contributed by atoms with Crippen molar-refractivity contribution in [2.45, 2.75) is 26.9 Å². The molecule has 0 spiro atoms. The lowest BCUT2D eigenvalue weighted by molar-refractivity contribution is -0.111. The second-order valence-corrected chi connectivity index (χ2v) is 11.3. The van der Waals surface area contributed by atoms with Crippen molar-refractivity contribution in [1.82, 2.24) is 19.5 Å². The molecule has 1 fully saturated rings. The molecule has 1 saturated heterocycles. The van der Waals surface area contributed by atoms with Gasteiger partial charge in [-0.3, -0.25) is 5.41 Å². The number of benzene rings is 1. The van der Waals surface area contributed by atoms with Gasteiger partial charge in [0.15, 0.2) is 11.5 Å². The minimum Gasteiger partial charge on any atom is -0.492 e. The van der Waals surface area contributed by atoms with Crippen LogP contribution in [0.1, 0.15) is 41.0 Å². The Morgan fingerprint density at radius 3 is 2.39 bits per heavy atom. The van der Waals surface area contributed by atoms with E-state index in [1.165, 1.54) is 10.6 Å². The van der Waals surface area contributed by atoms with Gasteiger partial charge in [-0.1, -0.05) is 0 Å². The number of anilines is 2. The Kier molecular flexibility index (Phi) is 7.83. The van der Waals surface area contributed by atoms with Gasteiger partial charge in [0.05, 0.1) is 30.8 Å². The highest BCUT2D eigenvalue weighted by Crippen LogP contribution is 2.38. The van der Waals surface area contributed by atoms with E-state index < -0.39 is 10.0 Å². The highest BCUT2D eigenvalue weighted by atomic mass is 32.2. The molecular formula is C26H34N7O4S+. The van der Waals surface area contributed by atoms with Crippen LogP contribution in [0.15, 0.2) is 36.7 Å². The Morgan fingerprint density at radius 2 is 1.82 bits per heavy atom. The number of sulfonamides is 1. The van der Waals surface area contributed by atoms with E-state index in [1.807, 2.05) is 37.8 Å². The largest absolute Gasteiger partial charge is 0.492 e. The lowest BCUT2D eigenvalue weighted by Gasteiger charge is -2.33. The first-order valence-electron chi connectivity index (χ1n) is 12.2. The maximum atomic E-state index is 11.8. The lowest BCUT2D eigenvalue weighted by Crippen LogP contribution is -2.48. The summed E-state index contributed by atoms with van der Waals surface area (Å²) >= 11 is 0. The van der Waals surface area contributed by atoms with Crippen LogP contribution >= 0.6 is 0 Å². The number of hydrogen-bond donors (Lipinski definition) is 2. The number of hydrogen-bond acceptors (Lipinski definition) is 9. The molecule has 11 nitrogen and oxygen atoms in total. The van der Waals surface area contributed by atoms with E-state index in [9.17, 15) is 8.42 Å². The Morgan fingerprint density at radius 1 is 1.11 bits per heavy atom. The number of nitrogen functional groups attached to an aromatic ring is 1. The molecule has 1 atom stereocenters. The van der Waals surface area contributed by atoms with Crippen molar-refractivity contribution >= 4 is 27.2 Å². The molecule has 38 heavy (non-hydrogen) atoms. The van der Waals surface area contributed by atoms with E-state index in [4.69, 9.17) is 20.6 Å². The summed E-state index contributed by atoms with van der Waals surface area (Å²) in [4.78, 5) is 6.63. The molecule has 1 aliphatic heterocycles. The topological polar surface area (TPSA) is 149 Å². The van der Waals surface area contributed by atoms with Crippen molar-refractivity contribution in [3.8, 4) is 11.5 Å². The van der Waals surface area contributed by atoms with E-state index in [1.54, 1.807) is 31.6 Å². The van der Waals surface area contributed by atoms with Gasteiger partial charge in [0.2, 0.25) is 15.7 Å². The Labute approximate surface area is 223 Å². The van der Waals surface area contributed by atoms with Gasteiger partial charge < -0.3 is 20.1 Å². The monoisotopic (exact) mass is 540 g/mol. The molecule has 0 bridgehead atoms. The average Bonchev–Trinajstić information content (AvgIpc) is 2.88. The predicted molar refractivity (Wildman–Crippen MR) is 146 cm³/mol. The molecular weight excluding hydrogens is 506 g/mol. The number of rotatable bonds is 8. The first-order valence-corrected chi connectivity index (χ1v) is 14.1. The summed E-state index contributed by atoms with van der Waals surface area (Å²) in [7, 11) is -1.65. The molecule has 0 amide bonds. The Hall–Kier alpha value is -3.77. The maximum absolute atomic E-state index is 11.8. The van der Waals surface area contributed by atoms with Crippen LogP contribution in [0, 0.1) is 13.8 Å². The number of aryl methyl sites for hydroxylation is 2. The van der Waals surface area contributed by atoms with Gasteiger partial charge in [-0.2, -0.15) is 14.5 Å². The molecule has 202 valence electrons. The normalized spacial score (nSPS) is 15.2. The van der Waals surface area contributed by atoms with Gasteiger partial charge in [0, 0.05) is 43.6 Å². The maximum Gasteiger partial charge on any atom is 0.218 e. The van der Waals surface area contributed by atoms with Crippen molar-refractivity contribution in [2.24, 2.45) is 0 Å². The molecule has 0 unspecified atom stereocenters. The molecule has 0 aliphatic carbocycles. The van der Waals surface area contributed by atoms with E-state index in [0.717, 1.165) is 22.6 Å². The zero-order valence-electron chi connectivity index (χ0n) is 22.3. The lowest BCUT2D eigenvalue weighted by atomic mass is 10.00. The third-order valence-corrected chi connectivity index (χ3v) is 8.00. The molecule has 1 aromatic carbocycles. The van der Waals surface area contributed by atoms with E-state index in [-0.39, 0.29) is 6.10 Å². The summed E-state index contributed by atoms with van der Waals surface area (Å²) in [5, 5.41) is 14.8. The second-order valence-electron chi connectivity index (χ2n) is 9.32. The minimum atomic E-state index is -3.20. The number of nitrogens with two attached hydrogens (primary N) is 2. The zero-order valence-corrected chi connectivity index (χ0v) is 23.1. The molecule has 3 aromatic rings. The molecule has 0 saturated carbocycles. The van der Waals surface area contributed by atoms with Crippen LogP contribution in [0.5, 0.6) is 11.5 Å².